The van der Waals surface area contributed by atoms with Crippen LogP contribution in [0.1, 0.15) is 18.4 Å². The second-order valence-corrected chi connectivity index (χ2v) is 11.0. The van der Waals surface area contributed by atoms with Gasteiger partial charge in [0.2, 0.25) is 0 Å². The summed E-state index contributed by atoms with van der Waals surface area (Å²) >= 11 is 0. The number of hydrogen-bond acceptors (Lipinski definition) is 5. The average molecular weight is 448 g/mol. The van der Waals surface area contributed by atoms with Crippen LogP contribution in [-0.2, 0) is 8.98 Å². The molecule has 2 aromatic carbocycles. The van der Waals surface area contributed by atoms with Gasteiger partial charge in [-0.1, -0.05) is 43.0 Å². The topological polar surface area (TPSA) is 62.7 Å². The lowest BCUT2D eigenvalue weighted by Gasteiger charge is -2.41. The van der Waals surface area contributed by atoms with Crippen molar-refractivity contribution in [1.29, 1.82) is 0 Å². The Morgan fingerprint density at radius 3 is 2.56 bits per heavy atom. The summed E-state index contributed by atoms with van der Waals surface area (Å²) < 4.78 is 6.00. The molecule has 3 aromatic rings. The Morgan fingerprint density at radius 1 is 1.09 bits per heavy atom. The van der Waals surface area contributed by atoms with Crippen molar-refractivity contribution in [2.45, 2.75) is 25.1 Å². The smallest absolute Gasteiger partial charge is 0.304 e. The fourth-order valence-corrected chi connectivity index (χ4v) is 7.98. The van der Waals surface area contributed by atoms with Gasteiger partial charge in [0.1, 0.15) is 5.82 Å². The second-order valence-electron chi connectivity index (χ2n) is 8.04. The number of aromatic nitrogens is 1. The number of carbonyl (C=O) groups excluding carboxylic acids is 2. The zero-order valence-electron chi connectivity index (χ0n) is 18.2. The third-order valence-corrected chi connectivity index (χ3v) is 9.70. The van der Waals surface area contributed by atoms with Gasteiger partial charge < -0.3 is 9.08 Å². The Morgan fingerprint density at radius 2 is 1.81 bits per heavy atom. The molecule has 3 heterocycles. The minimum Gasteiger partial charge on any atom is -0.343 e. The maximum Gasteiger partial charge on any atom is 0.304 e. The number of carbonyl (C=O) groups is 2. The van der Waals surface area contributed by atoms with E-state index >= 15 is 0 Å². The number of para-hydroxylation sites is 2. The lowest BCUT2D eigenvalue weighted by Crippen LogP contribution is -2.38. The summed E-state index contributed by atoms with van der Waals surface area (Å²) in [5.74, 6) is 0.423. The van der Waals surface area contributed by atoms with E-state index in [1.807, 2.05) is 36.4 Å². The van der Waals surface area contributed by atoms with Crippen molar-refractivity contribution in [3.63, 3.8) is 0 Å². The summed E-state index contributed by atoms with van der Waals surface area (Å²) in [5.41, 5.74) is 2.57. The highest BCUT2D eigenvalue weighted by atomic mass is 32.3. The first-order valence-corrected chi connectivity index (χ1v) is 12.2. The van der Waals surface area contributed by atoms with Crippen LogP contribution in [-0.4, -0.2) is 35.2 Å². The lowest BCUT2D eigenvalue weighted by atomic mass is 10.1. The molecular weight excluding hydrogens is 422 g/mol. The maximum absolute atomic E-state index is 13.8. The summed E-state index contributed by atoms with van der Waals surface area (Å²) in [7, 11) is -1.09. The lowest BCUT2D eigenvalue weighted by molar-refractivity contribution is -0.113. The minimum absolute atomic E-state index is 0.253. The highest BCUT2D eigenvalue weighted by Crippen LogP contribution is 2.68. The van der Waals surface area contributed by atoms with E-state index in [0.29, 0.717) is 5.69 Å². The van der Waals surface area contributed by atoms with Crippen molar-refractivity contribution < 1.29 is 13.8 Å². The highest BCUT2D eigenvalue weighted by molar-refractivity contribution is 8.46. The number of pyridine rings is 1. The summed E-state index contributed by atoms with van der Waals surface area (Å²) in [6.07, 6.45) is 1.62. The molecule has 0 spiro atoms. The number of fused-ring (bicyclic) bond motifs is 1. The van der Waals surface area contributed by atoms with E-state index in [1.165, 1.54) is 12.0 Å². The van der Waals surface area contributed by atoms with Crippen LogP contribution in [0.2, 0.25) is 0 Å². The molecule has 0 saturated carbocycles. The average Bonchev–Trinajstić information content (AvgIpc) is 3.37. The van der Waals surface area contributed by atoms with E-state index < -0.39 is 10.3 Å². The molecule has 32 heavy (non-hydrogen) atoms. The van der Waals surface area contributed by atoms with Gasteiger partial charge in [0.05, 0.1) is 21.5 Å². The van der Waals surface area contributed by atoms with Gasteiger partial charge in [-0.3, -0.25) is 9.59 Å². The zero-order chi connectivity index (χ0) is 22.5. The molecular formula is C25H25N3O3S. The van der Waals surface area contributed by atoms with Gasteiger partial charge in [0, 0.05) is 19.0 Å². The molecule has 2 saturated heterocycles. The largest absolute Gasteiger partial charge is 0.343 e. The Labute approximate surface area is 189 Å². The molecule has 0 N–H and O–H groups in total. The minimum atomic E-state index is -2.62. The number of imide groups is 1. The van der Waals surface area contributed by atoms with Gasteiger partial charge in [-0.2, -0.15) is 0 Å². The molecule has 0 radical (unpaired) electrons. The van der Waals surface area contributed by atoms with E-state index in [-0.39, 0.29) is 21.4 Å². The summed E-state index contributed by atoms with van der Waals surface area (Å²) in [5, 5.41) is 0.501. The Hall–Kier alpha value is -3.16. The van der Waals surface area contributed by atoms with Crippen LogP contribution in [0.4, 0.5) is 16.3 Å². The number of rotatable bonds is 4. The van der Waals surface area contributed by atoms with E-state index in [0.717, 1.165) is 41.7 Å². The molecule has 164 valence electrons. The van der Waals surface area contributed by atoms with Crippen LogP contribution in [0, 0.1) is 6.92 Å². The fraction of sp³-hybridized carbons (Fsp3) is 0.240. The Bertz CT molecular complexity index is 1250. The molecule has 6 nitrogen and oxygen atoms in total. The molecule has 1 unspecified atom stereocenters. The molecule has 7 heteroatoms. The Balaban J connectivity index is 1.60. The van der Waals surface area contributed by atoms with Crippen molar-refractivity contribution >= 4 is 43.9 Å². The third kappa shape index (κ3) is 2.88. The zero-order valence-corrected chi connectivity index (χ0v) is 19.0. The molecule has 2 aliphatic heterocycles. The monoisotopic (exact) mass is 447 g/mol. The summed E-state index contributed by atoms with van der Waals surface area (Å²) in [6, 6.07) is 19.1. The number of benzene rings is 2. The molecule has 5 rings (SSSR count). The predicted octanol–water partition coefficient (Wildman–Crippen LogP) is 5.52. The summed E-state index contributed by atoms with van der Waals surface area (Å²) in [6.45, 7) is 6.89. The van der Waals surface area contributed by atoms with Crippen molar-refractivity contribution in [2.24, 2.45) is 0 Å². The third-order valence-electron chi connectivity index (χ3n) is 6.31. The van der Waals surface area contributed by atoms with Gasteiger partial charge >= 0.3 is 5.24 Å². The van der Waals surface area contributed by atoms with Crippen molar-refractivity contribution in [2.75, 3.05) is 23.5 Å². The van der Waals surface area contributed by atoms with Gasteiger partial charge in [-0.15, -0.1) is 0 Å². The normalized spacial score (nSPS) is 25.6. The van der Waals surface area contributed by atoms with Crippen molar-refractivity contribution in [3.05, 3.63) is 77.7 Å². The standard InChI is InChI=1S/C25H25N3O3S/c1-17-16-22(26-21-13-8-7-12-20(17)21)27-15-9-14-23(27)32(31-3)18(2)24(29)28(25(32)30)19-10-5-4-6-11-19/h4-8,10-13,16,23H,2,9,14-15H2,1,3H3/t23-/m1/s1. The number of hydrogen-bond donors (Lipinski definition) is 0. The van der Waals surface area contributed by atoms with Gasteiger partial charge in [0.25, 0.3) is 5.91 Å². The molecule has 2 aliphatic rings. The molecule has 1 aromatic heterocycles. The van der Waals surface area contributed by atoms with Crippen LogP contribution in [0.15, 0.2) is 72.1 Å². The number of nitrogens with zero attached hydrogens (tertiary/aromatic N) is 3. The van der Waals surface area contributed by atoms with Gasteiger partial charge in [0.15, 0.2) is 0 Å². The van der Waals surface area contributed by atoms with Gasteiger partial charge in [-0.05, 0) is 59.9 Å². The summed E-state index contributed by atoms with van der Waals surface area (Å²) in [4.78, 5) is 35.6. The SMILES string of the molecule is C=C1C(=O)N(c2ccccc2)C(=O)S1(OC)[C@@H]1CCCN1c1cc(C)c2ccccc2n1. The van der Waals surface area contributed by atoms with Crippen molar-refractivity contribution in [1.82, 2.24) is 4.98 Å². The second kappa shape index (κ2) is 7.76. The van der Waals surface area contributed by atoms with E-state index in [2.05, 4.69) is 30.5 Å². The first-order valence-electron chi connectivity index (χ1n) is 10.6. The van der Waals surface area contributed by atoms with E-state index in [1.54, 1.807) is 12.1 Å². The van der Waals surface area contributed by atoms with Crippen LogP contribution in [0.3, 0.4) is 0 Å². The Kier molecular flexibility index (Phi) is 5.03. The molecule has 0 bridgehead atoms. The fourth-order valence-electron chi connectivity index (χ4n) is 4.76. The van der Waals surface area contributed by atoms with Crippen LogP contribution in [0.25, 0.3) is 10.9 Å². The molecule has 2 amide bonds. The van der Waals surface area contributed by atoms with Crippen molar-refractivity contribution in [3.8, 4) is 0 Å². The molecule has 2 fully saturated rings. The highest BCUT2D eigenvalue weighted by Gasteiger charge is 2.59. The van der Waals surface area contributed by atoms with E-state index in [4.69, 9.17) is 9.17 Å². The van der Waals surface area contributed by atoms with Crippen LogP contribution < -0.4 is 9.80 Å². The number of anilines is 2. The first-order chi connectivity index (χ1) is 15.5. The van der Waals surface area contributed by atoms with Crippen LogP contribution >= 0.6 is 10.3 Å². The van der Waals surface area contributed by atoms with E-state index in [9.17, 15) is 9.59 Å². The van der Waals surface area contributed by atoms with Gasteiger partial charge in [-0.25, -0.2) is 9.88 Å². The quantitative estimate of drug-likeness (QED) is 0.493. The maximum atomic E-state index is 13.8. The molecule has 0 aliphatic carbocycles. The number of aryl methyl sites for hydroxylation is 1. The number of amides is 2. The van der Waals surface area contributed by atoms with Crippen LogP contribution in [0.5, 0.6) is 0 Å². The predicted molar refractivity (Wildman–Crippen MR) is 130 cm³/mol. The first kappa shape index (κ1) is 20.7. The molecule has 2 atom stereocenters.